The Hall–Kier alpha value is -3.75. The monoisotopic (exact) mass is 575 g/mol. The summed E-state index contributed by atoms with van der Waals surface area (Å²) in [6.45, 7) is 9.76. The van der Waals surface area contributed by atoms with Gasteiger partial charge in [0.2, 0.25) is 0 Å². The second-order valence-corrected chi connectivity index (χ2v) is 11.3. The van der Waals surface area contributed by atoms with Crippen molar-refractivity contribution in [3.05, 3.63) is 105 Å². The van der Waals surface area contributed by atoms with Crippen LogP contribution in [0.25, 0.3) is 0 Å². The van der Waals surface area contributed by atoms with Crippen LogP contribution in [0.5, 0.6) is 0 Å². The normalized spacial score (nSPS) is 16.5. The van der Waals surface area contributed by atoms with Crippen molar-refractivity contribution in [3.63, 3.8) is 0 Å². The maximum Gasteiger partial charge on any atom is 0.322 e. The molecule has 1 aromatic heterocycles. The molecule has 2 aromatic carbocycles. The number of aryl methyl sites for hydroxylation is 3. The van der Waals surface area contributed by atoms with E-state index in [1.807, 2.05) is 56.1 Å². The topological polar surface area (TPSA) is 68.8 Å². The number of likely N-dealkylation sites (tertiary alicyclic amines) is 1. The lowest BCUT2D eigenvalue weighted by Gasteiger charge is -2.25. The Kier molecular flexibility index (Phi) is 8.71. The van der Waals surface area contributed by atoms with Crippen LogP contribution in [0, 0.1) is 32.5 Å². The highest BCUT2D eigenvalue weighted by molar-refractivity contribution is 6.31. The molecule has 2 aliphatic rings. The smallest absolute Gasteiger partial charge is 0.322 e. The van der Waals surface area contributed by atoms with Gasteiger partial charge in [-0.15, -0.1) is 0 Å². The minimum atomic E-state index is -0.309. The molecule has 3 amide bonds. The van der Waals surface area contributed by atoms with Gasteiger partial charge in [0.1, 0.15) is 5.82 Å². The average Bonchev–Trinajstić information content (AvgIpc) is 3.51. The van der Waals surface area contributed by atoms with Crippen molar-refractivity contribution in [1.82, 2.24) is 20.1 Å². The summed E-state index contributed by atoms with van der Waals surface area (Å²) in [5.74, 6) is 0.0265. The van der Waals surface area contributed by atoms with E-state index >= 15 is 0 Å². The van der Waals surface area contributed by atoms with Crippen molar-refractivity contribution in [2.24, 2.45) is 5.92 Å². The highest BCUT2D eigenvalue weighted by atomic mass is 35.5. The minimum Gasteiger partial charge on any atom is -0.334 e. The molecule has 1 atom stereocenters. The molecule has 1 fully saturated rings. The molecule has 41 heavy (non-hydrogen) atoms. The van der Waals surface area contributed by atoms with Crippen molar-refractivity contribution < 1.29 is 14.0 Å². The Morgan fingerprint density at radius 1 is 1.07 bits per heavy atom. The molecule has 214 valence electrons. The van der Waals surface area contributed by atoms with Gasteiger partial charge in [-0.25, -0.2) is 9.18 Å². The number of halogens is 2. The fraction of sp³-hybridized carbons (Fsp3) is 0.344. The number of hydrogen-bond acceptors (Lipinski definition) is 4. The summed E-state index contributed by atoms with van der Waals surface area (Å²) < 4.78 is 13.3. The molecular weight excluding hydrogens is 541 g/mol. The van der Waals surface area contributed by atoms with Crippen LogP contribution in [-0.2, 0) is 6.54 Å². The van der Waals surface area contributed by atoms with E-state index < -0.39 is 0 Å². The van der Waals surface area contributed by atoms with Crippen LogP contribution in [0.2, 0.25) is 5.02 Å². The summed E-state index contributed by atoms with van der Waals surface area (Å²) in [5.41, 5.74) is 6.16. The van der Waals surface area contributed by atoms with E-state index in [9.17, 15) is 14.0 Å². The average molecular weight is 576 g/mol. The number of amides is 3. The van der Waals surface area contributed by atoms with Gasteiger partial charge in [-0.2, -0.15) is 0 Å². The molecule has 0 saturated carbocycles. The third kappa shape index (κ3) is 6.60. The molecule has 1 saturated heterocycles. The maximum atomic E-state index is 13.3. The molecule has 5 rings (SSSR count). The number of benzene rings is 2. The van der Waals surface area contributed by atoms with Crippen LogP contribution in [-0.4, -0.2) is 59.4 Å². The Bertz CT molecular complexity index is 1460. The van der Waals surface area contributed by atoms with Gasteiger partial charge in [-0.05, 0) is 79.8 Å². The quantitative estimate of drug-likeness (QED) is 0.364. The maximum absolute atomic E-state index is 13.3. The third-order valence-corrected chi connectivity index (χ3v) is 8.30. The number of carbonyl (C=O) groups excluding carboxylic acids is 2. The lowest BCUT2D eigenvalue weighted by Crippen LogP contribution is -2.41. The molecule has 0 radical (unpaired) electrons. The summed E-state index contributed by atoms with van der Waals surface area (Å²) in [5, 5.41) is 3.56. The Morgan fingerprint density at radius 3 is 2.56 bits per heavy atom. The van der Waals surface area contributed by atoms with Gasteiger partial charge in [0, 0.05) is 68.3 Å². The molecule has 3 aromatic rings. The van der Waals surface area contributed by atoms with Crippen LogP contribution in [0.15, 0.2) is 66.5 Å². The zero-order chi connectivity index (χ0) is 29.1. The molecule has 2 aliphatic heterocycles. The third-order valence-electron chi connectivity index (χ3n) is 7.90. The number of nitrogens with zero attached hydrogens (tertiary/aromatic N) is 4. The zero-order valence-corrected chi connectivity index (χ0v) is 24.4. The molecule has 7 nitrogen and oxygen atoms in total. The Morgan fingerprint density at radius 2 is 1.85 bits per heavy atom. The first-order chi connectivity index (χ1) is 19.7. The summed E-state index contributed by atoms with van der Waals surface area (Å²) in [6.07, 6.45) is 4.52. The van der Waals surface area contributed by atoms with Crippen LogP contribution < -0.4 is 10.2 Å². The van der Waals surface area contributed by atoms with E-state index in [1.165, 1.54) is 17.7 Å². The van der Waals surface area contributed by atoms with Crippen molar-refractivity contribution in [3.8, 4) is 0 Å². The fourth-order valence-electron chi connectivity index (χ4n) is 5.59. The predicted molar refractivity (Wildman–Crippen MR) is 160 cm³/mol. The lowest BCUT2D eigenvalue weighted by molar-refractivity contribution is 0.0818. The molecular formula is C32H35ClFN5O2. The number of carbonyl (C=O) groups is 2. The van der Waals surface area contributed by atoms with Gasteiger partial charge in [-0.3, -0.25) is 19.6 Å². The molecule has 3 heterocycles. The molecule has 0 bridgehead atoms. The number of urea groups is 1. The molecule has 0 spiro atoms. The summed E-state index contributed by atoms with van der Waals surface area (Å²) in [4.78, 5) is 36.7. The first-order valence-electron chi connectivity index (χ1n) is 13.9. The van der Waals surface area contributed by atoms with Gasteiger partial charge in [0.15, 0.2) is 0 Å². The van der Waals surface area contributed by atoms with Crippen molar-refractivity contribution in [1.29, 1.82) is 0 Å². The van der Waals surface area contributed by atoms with Crippen LogP contribution in [0.3, 0.4) is 0 Å². The minimum absolute atomic E-state index is 0.0144. The fourth-order valence-corrected chi connectivity index (χ4v) is 5.77. The number of hydrogen-bond donors (Lipinski definition) is 1. The molecule has 1 N–H and O–H groups in total. The standard InChI is InChI=1S/C32H35ClFN5O2/c1-21-5-10-28(15-29(21)33)39(32(41)36-16-24-6-8-27(34)9-7-24)14-4-13-37-17-25-19-38(20-26(25)18-37)31(40)30-22(2)11-12-35-23(30)3/h5-12,15,19,26H,4,13-14,16-18,20H2,1-3H3,(H,36,41). The molecule has 1 unspecified atom stereocenters. The van der Waals surface area contributed by atoms with Gasteiger partial charge in [0.25, 0.3) is 5.91 Å². The number of pyridine rings is 1. The van der Waals surface area contributed by atoms with Crippen molar-refractivity contribution >= 4 is 29.2 Å². The summed E-state index contributed by atoms with van der Waals surface area (Å²) in [6, 6.07) is 13.4. The predicted octanol–water partition coefficient (Wildman–Crippen LogP) is 5.88. The summed E-state index contributed by atoms with van der Waals surface area (Å²) in [7, 11) is 0. The van der Waals surface area contributed by atoms with Crippen LogP contribution >= 0.6 is 11.6 Å². The van der Waals surface area contributed by atoms with E-state index in [0.29, 0.717) is 36.1 Å². The van der Waals surface area contributed by atoms with Crippen LogP contribution in [0.1, 0.15) is 39.2 Å². The number of aromatic nitrogens is 1. The second kappa shape index (κ2) is 12.4. The highest BCUT2D eigenvalue weighted by Gasteiger charge is 2.36. The van der Waals surface area contributed by atoms with Crippen molar-refractivity contribution in [2.45, 2.75) is 33.7 Å². The Labute approximate surface area is 245 Å². The molecule has 9 heteroatoms. The second-order valence-electron chi connectivity index (χ2n) is 10.9. The van der Waals surface area contributed by atoms with E-state index in [0.717, 1.165) is 54.1 Å². The van der Waals surface area contributed by atoms with Gasteiger partial charge < -0.3 is 10.2 Å². The van der Waals surface area contributed by atoms with Gasteiger partial charge in [-0.1, -0.05) is 29.8 Å². The first-order valence-corrected chi connectivity index (χ1v) is 14.3. The molecule has 0 aliphatic carbocycles. The Balaban J connectivity index is 1.19. The van der Waals surface area contributed by atoms with E-state index in [2.05, 4.69) is 15.2 Å². The lowest BCUT2D eigenvalue weighted by atomic mass is 10.1. The van der Waals surface area contributed by atoms with Crippen LogP contribution in [0.4, 0.5) is 14.9 Å². The number of anilines is 1. The zero-order valence-electron chi connectivity index (χ0n) is 23.7. The number of fused-ring (bicyclic) bond motifs is 1. The van der Waals surface area contributed by atoms with E-state index in [4.69, 9.17) is 11.6 Å². The largest absolute Gasteiger partial charge is 0.334 e. The van der Waals surface area contributed by atoms with Gasteiger partial charge >= 0.3 is 6.03 Å². The number of rotatable bonds is 8. The number of nitrogens with one attached hydrogen (secondary N) is 1. The summed E-state index contributed by atoms with van der Waals surface area (Å²) >= 11 is 6.39. The van der Waals surface area contributed by atoms with E-state index in [-0.39, 0.29) is 17.8 Å². The highest BCUT2D eigenvalue weighted by Crippen LogP contribution is 2.31. The SMILES string of the molecule is Cc1ccc(N(CCCN2CC3=CN(C(=O)c4c(C)ccnc4C)CC3C2)C(=O)NCc2ccc(F)cc2)cc1Cl. The van der Waals surface area contributed by atoms with Gasteiger partial charge in [0.05, 0.1) is 11.3 Å². The van der Waals surface area contributed by atoms with E-state index in [1.54, 1.807) is 23.2 Å². The first kappa shape index (κ1) is 28.8. The van der Waals surface area contributed by atoms with Crippen molar-refractivity contribution in [2.75, 3.05) is 37.6 Å².